The third-order valence-electron chi connectivity index (χ3n) is 3.06. The Bertz CT molecular complexity index is 563. The van der Waals surface area contributed by atoms with E-state index in [-0.39, 0.29) is 6.04 Å². The third kappa shape index (κ3) is 2.72. The molecule has 0 saturated heterocycles. The molecule has 0 aliphatic carbocycles. The average Bonchev–Trinajstić information content (AvgIpc) is 2.81. The van der Waals surface area contributed by atoms with Crippen molar-refractivity contribution >= 4 is 43.2 Å². The second kappa shape index (κ2) is 5.87. The molecule has 2 aromatic rings. The topological polar surface area (TPSA) is 26.0 Å². The average molecular weight is 389 g/mol. The first-order valence-corrected chi connectivity index (χ1v) is 8.28. The van der Waals surface area contributed by atoms with Gasteiger partial charge in [0.05, 0.1) is 6.04 Å². The van der Waals surface area contributed by atoms with Crippen molar-refractivity contribution in [1.29, 1.82) is 0 Å². The van der Waals surface area contributed by atoms with E-state index in [0.717, 1.165) is 20.9 Å². The van der Waals surface area contributed by atoms with Crippen LogP contribution in [0.3, 0.4) is 0 Å². The molecule has 1 aromatic heterocycles. The van der Waals surface area contributed by atoms with Crippen LogP contribution in [0.25, 0.3) is 0 Å². The van der Waals surface area contributed by atoms with Crippen LogP contribution >= 0.6 is 43.2 Å². The van der Waals surface area contributed by atoms with Gasteiger partial charge in [-0.2, -0.15) is 0 Å². The molecule has 0 amide bonds. The van der Waals surface area contributed by atoms with Crippen molar-refractivity contribution in [2.24, 2.45) is 5.73 Å². The predicted molar refractivity (Wildman–Crippen MR) is 86.3 cm³/mol. The number of benzene rings is 1. The second-order valence-electron chi connectivity index (χ2n) is 4.26. The number of nitrogens with two attached hydrogens (primary N) is 1. The highest BCUT2D eigenvalue weighted by atomic mass is 79.9. The van der Waals surface area contributed by atoms with E-state index >= 15 is 0 Å². The van der Waals surface area contributed by atoms with Gasteiger partial charge < -0.3 is 5.73 Å². The van der Waals surface area contributed by atoms with Gasteiger partial charge in [-0.05, 0) is 53.6 Å². The van der Waals surface area contributed by atoms with Crippen LogP contribution in [0.4, 0.5) is 0 Å². The van der Waals surface area contributed by atoms with Crippen molar-refractivity contribution in [3.05, 3.63) is 54.1 Å². The van der Waals surface area contributed by atoms with Gasteiger partial charge in [0.2, 0.25) is 0 Å². The summed E-state index contributed by atoms with van der Waals surface area (Å²) in [5.74, 6) is 0. The molecule has 1 atom stereocenters. The molecule has 0 radical (unpaired) electrons. The normalized spacial score (nSPS) is 12.7. The quantitative estimate of drug-likeness (QED) is 0.768. The van der Waals surface area contributed by atoms with Crippen molar-refractivity contribution in [3.63, 3.8) is 0 Å². The van der Waals surface area contributed by atoms with E-state index in [1.165, 1.54) is 16.0 Å². The van der Waals surface area contributed by atoms with Crippen LogP contribution in [-0.4, -0.2) is 0 Å². The zero-order valence-electron chi connectivity index (χ0n) is 10.3. The van der Waals surface area contributed by atoms with E-state index in [9.17, 15) is 0 Å². The lowest BCUT2D eigenvalue weighted by atomic mass is 10.0. The molecule has 0 aliphatic heterocycles. The van der Waals surface area contributed by atoms with Gasteiger partial charge in [-0.1, -0.05) is 38.8 Å². The van der Waals surface area contributed by atoms with Crippen LogP contribution in [0.5, 0.6) is 0 Å². The fraction of sp³-hybridized carbons (Fsp3) is 0.286. The van der Waals surface area contributed by atoms with Crippen LogP contribution in [0, 0.1) is 6.92 Å². The van der Waals surface area contributed by atoms with Gasteiger partial charge in [0.1, 0.15) is 0 Å². The molecule has 2 rings (SSSR count). The summed E-state index contributed by atoms with van der Waals surface area (Å²) in [5.41, 5.74) is 10.1. The Morgan fingerprint density at radius 1 is 1.28 bits per heavy atom. The number of aryl methyl sites for hydroxylation is 2. The van der Waals surface area contributed by atoms with Gasteiger partial charge in [0, 0.05) is 13.8 Å². The number of halogens is 2. The van der Waals surface area contributed by atoms with Crippen molar-refractivity contribution < 1.29 is 0 Å². The molecule has 0 aliphatic rings. The lowest BCUT2D eigenvalue weighted by Gasteiger charge is -2.16. The first-order valence-electron chi connectivity index (χ1n) is 5.82. The molecular weight excluding hydrogens is 374 g/mol. The Balaban J connectivity index is 2.46. The molecule has 1 unspecified atom stereocenters. The smallest absolute Gasteiger partial charge is 0.0660 e. The van der Waals surface area contributed by atoms with Crippen molar-refractivity contribution in [2.75, 3.05) is 0 Å². The third-order valence-corrected chi connectivity index (χ3v) is 5.64. The van der Waals surface area contributed by atoms with Gasteiger partial charge in [0.25, 0.3) is 0 Å². The van der Waals surface area contributed by atoms with Gasteiger partial charge in [0.15, 0.2) is 0 Å². The van der Waals surface area contributed by atoms with E-state index < -0.39 is 0 Å². The standard InChI is InChI=1S/C14H15Br2NS/c1-3-9-4-5-18-14(9)13(17)10-7-11(15)8(2)6-12(10)16/h4-7,13H,3,17H2,1-2H3. The van der Waals surface area contributed by atoms with Crippen LogP contribution < -0.4 is 5.73 Å². The van der Waals surface area contributed by atoms with Crippen LogP contribution in [-0.2, 0) is 6.42 Å². The minimum atomic E-state index is -0.0637. The Morgan fingerprint density at radius 3 is 2.67 bits per heavy atom. The largest absolute Gasteiger partial charge is 0.320 e. The molecule has 18 heavy (non-hydrogen) atoms. The molecule has 0 saturated carbocycles. The lowest BCUT2D eigenvalue weighted by Crippen LogP contribution is -2.13. The van der Waals surface area contributed by atoms with Gasteiger partial charge in [-0.3, -0.25) is 0 Å². The zero-order valence-corrected chi connectivity index (χ0v) is 14.3. The van der Waals surface area contributed by atoms with Crippen LogP contribution in [0.15, 0.2) is 32.5 Å². The number of thiophene rings is 1. The van der Waals surface area contributed by atoms with E-state index in [1.807, 2.05) is 0 Å². The van der Waals surface area contributed by atoms with Crippen LogP contribution in [0.2, 0.25) is 0 Å². The summed E-state index contributed by atoms with van der Waals surface area (Å²) < 4.78 is 2.18. The fourth-order valence-corrected chi connectivity index (χ4v) is 4.04. The monoisotopic (exact) mass is 387 g/mol. The Hall–Kier alpha value is -0.160. The van der Waals surface area contributed by atoms with Gasteiger partial charge in [-0.25, -0.2) is 0 Å². The summed E-state index contributed by atoms with van der Waals surface area (Å²) in [6.45, 7) is 4.24. The van der Waals surface area contributed by atoms with Crippen LogP contribution in [0.1, 0.15) is 34.5 Å². The maximum absolute atomic E-state index is 6.42. The minimum Gasteiger partial charge on any atom is -0.320 e. The highest BCUT2D eigenvalue weighted by Gasteiger charge is 2.17. The summed E-state index contributed by atoms with van der Waals surface area (Å²) in [5, 5.41) is 2.12. The summed E-state index contributed by atoms with van der Waals surface area (Å²) in [6.07, 6.45) is 1.02. The van der Waals surface area contributed by atoms with Gasteiger partial charge in [-0.15, -0.1) is 11.3 Å². The molecule has 0 spiro atoms. The molecule has 1 nitrogen and oxygen atoms in total. The van der Waals surface area contributed by atoms with Crippen molar-refractivity contribution in [3.8, 4) is 0 Å². The number of rotatable bonds is 3. The maximum Gasteiger partial charge on any atom is 0.0660 e. The van der Waals surface area contributed by atoms with E-state index in [2.05, 4.69) is 69.3 Å². The Morgan fingerprint density at radius 2 is 2.00 bits per heavy atom. The SMILES string of the molecule is CCc1ccsc1C(N)c1cc(Br)c(C)cc1Br. The molecule has 96 valence electrons. The number of hydrogen-bond donors (Lipinski definition) is 1. The molecule has 2 N–H and O–H groups in total. The Labute approximate surface area is 129 Å². The van der Waals surface area contributed by atoms with E-state index in [0.29, 0.717) is 0 Å². The number of hydrogen-bond acceptors (Lipinski definition) is 2. The second-order valence-corrected chi connectivity index (χ2v) is 6.92. The molecule has 1 aromatic carbocycles. The molecule has 0 bridgehead atoms. The van der Waals surface area contributed by atoms with Crippen molar-refractivity contribution in [1.82, 2.24) is 0 Å². The molecule has 4 heteroatoms. The highest BCUT2D eigenvalue weighted by molar-refractivity contribution is 9.11. The fourth-order valence-electron chi connectivity index (χ4n) is 1.95. The predicted octanol–water partition coefficient (Wildman–Crippen LogP) is 5.19. The molecule has 0 fully saturated rings. The maximum atomic E-state index is 6.42. The Kier molecular flexibility index (Phi) is 4.64. The lowest BCUT2D eigenvalue weighted by molar-refractivity contribution is 0.867. The molecule has 1 heterocycles. The van der Waals surface area contributed by atoms with Crippen molar-refractivity contribution in [2.45, 2.75) is 26.3 Å². The summed E-state index contributed by atoms with van der Waals surface area (Å²) in [4.78, 5) is 1.26. The first kappa shape index (κ1) is 14.3. The summed E-state index contributed by atoms with van der Waals surface area (Å²) >= 11 is 8.93. The van der Waals surface area contributed by atoms with Gasteiger partial charge >= 0.3 is 0 Å². The first-order chi connectivity index (χ1) is 8.54. The molecular formula is C14H15Br2NS. The highest BCUT2D eigenvalue weighted by Crippen LogP contribution is 2.35. The summed E-state index contributed by atoms with van der Waals surface area (Å²) in [7, 11) is 0. The van der Waals surface area contributed by atoms with E-state index in [4.69, 9.17) is 5.73 Å². The summed E-state index contributed by atoms with van der Waals surface area (Å²) in [6, 6.07) is 6.32. The minimum absolute atomic E-state index is 0.0637. The van der Waals surface area contributed by atoms with E-state index in [1.54, 1.807) is 11.3 Å². The zero-order chi connectivity index (χ0) is 13.3.